The molecule has 0 fully saturated rings. The average molecular weight is 264 g/mol. The predicted octanol–water partition coefficient (Wildman–Crippen LogP) is 4.04. The van der Waals surface area contributed by atoms with Crippen LogP contribution in [0.2, 0.25) is 0 Å². The summed E-state index contributed by atoms with van der Waals surface area (Å²) in [7, 11) is 0. The van der Waals surface area contributed by atoms with Crippen LogP contribution in [0, 0.1) is 13.8 Å². The average Bonchev–Trinajstić information content (AvgIpc) is 2.88. The normalized spacial score (nSPS) is 10.7. The standard InChI is InChI=1S/C17H16N2O/c1-11-6-5-9-14(12(11)2)19-17(20)16-10-13-7-3-4-8-15(13)18-16/h3-10,18H,1-2H3,(H,19,20). The van der Waals surface area contributed by atoms with E-state index in [9.17, 15) is 4.79 Å². The third-order valence-corrected chi connectivity index (χ3v) is 3.63. The number of aryl methyl sites for hydroxylation is 1. The van der Waals surface area contributed by atoms with Crippen LogP contribution in [0.15, 0.2) is 48.5 Å². The number of fused-ring (bicyclic) bond motifs is 1. The van der Waals surface area contributed by atoms with Gasteiger partial charge in [0.1, 0.15) is 5.69 Å². The molecule has 0 aliphatic rings. The van der Waals surface area contributed by atoms with Crippen LogP contribution in [0.3, 0.4) is 0 Å². The van der Waals surface area contributed by atoms with E-state index in [-0.39, 0.29) is 5.91 Å². The van der Waals surface area contributed by atoms with E-state index in [1.54, 1.807) is 0 Å². The Morgan fingerprint density at radius 3 is 2.65 bits per heavy atom. The molecule has 0 radical (unpaired) electrons. The fourth-order valence-electron chi connectivity index (χ4n) is 2.27. The van der Waals surface area contributed by atoms with Gasteiger partial charge in [-0.05, 0) is 43.2 Å². The molecule has 1 heterocycles. The first-order chi connectivity index (χ1) is 9.65. The topological polar surface area (TPSA) is 44.9 Å². The zero-order valence-corrected chi connectivity index (χ0v) is 11.5. The molecule has 0 spiro atoms. The summed E-state index contributed by atoms with van der Waals surface area (Å²) in [6.07, 6.45) is 0. The monoisotopic (exact) mass is 264 g/mol. The summed E-state index contributed by atoms with van der Waals surface area (Å²) < 4.78 is 0. The van der Waals surface area contributed by atoms with Gasteiger partial charge in [0.2, 0.25) is 0 Å². The van der Waals surface area contributed by atoms with Crippen LogP contribution in [-0.2, 0) is 0 Å². The van der Waals surface area contributed by atoms with E-state index in [0.717, 1.165) is 22.2 Å². The van der Waals surface area contributed by atoms with Gasteiger partial charge in [-0.3, -0.25) is 4.79 Å². The van der Waals surface area contributed by atoms with Gasteiger partial charge in [-0.2, -0.15) is 0 Å². The molecule has 0 aliphatic heterocycles. The summed E-state index contributed by atoms with van der Waals surface area (Å²) in [4.78, 5) is 15.4. The first kappa shape index (κ1) is 12.5. The number of aromatic nitrogens is 1. The maximum Gasteiger partial charge on any atom is 0.272 e. The van der Waals surface area contributed by atoms with Crippen LogP contribution < -0.4 is 5.32 Å². The minimum atomic E-state index is -0.116. The Bertz CT molecular complexity index is 754. The van der Waals surface area contributed by atoms with Crippen molar-refractivity contribution >= 4 is 22.5 Å². The molecule has 0 saturated carbocycles. The Labute approximate surface area is 117 Å². The van der Waals surface area contributed by atoms with Crippen molar-refractivity contribution in [1.82, 2.24) is 4.98 Å². The van der Waals surface area contributed by atoms with Crippen molar-refractivity contribution in [2.24, 2.45) is 0 Å². The highest BCUT2D eigenvalue weighted by atomic mass is 16.1. The number of para-hydroxylation sites is 1. The summed E-state index contributed by atoms with van der Waals surface area (Å²) in [5, 5.41) is 4.00. The van der Waals surface area contributed by atoms with Gasteiger partial charge in [0.15, 0.2) is 0 Å². The molecule has 0 atom stereocenters. The van der Waals surface area contributed by atoms with Crippen LogP contribution in [0.25, 0.3) is 10.9 Å². The molecule has 0 aliphatic carbocycles. The lowest BCUT2D eigenvalue weighted by molar-refractivity contribution is 0.102. The molecular formula is C17H16N2O. The molecule has 3 nitrogen and oxygen atoms in total. The summed E-state index contributed by atoms with van der Waals surface area (Å²) in [5.41, 5.74) is 4.66. The van der Waals surface area contributed by atoms with Crippen molar-refractivity contribution in [3.05, 3.63) is 65.4 Å². The van der Waals surface area contributed by atoms with E-state index >= 15 is 0 Å². The van der Waals surface area contributed by atoms with Crippen molar-refractivity contribution in [3.63, 3.8) is 0 Å². The molecule has 3 aromatic rings. The molecular weight excluding hydrogens is 248 g/mol. The second-order valence-electron chi connectivity index (χ2n) is 4.97. The number of rotatable bonds is 2. The second kappa shape index (κ2) is 4.85. The van der Waals surface area contributed by atoms with Gasteiger partial charge < -0.3 is 10.3 Å². The molecule has 2 N–H and O–H groups in total. The molecule has 100 valence electrons. The smallest absolute Gasteiger partial charge is 0.272 e. The lowest BCUT2D eigenvalue weighted by Crippen LogP contribution is -2.13. The quantitative estimate of drug-likeness (QED) is 0.721. The molecule has 2 aromatic carbocycles. The van der Waals surface area contributed by atoms with Gasteiger partial charge >= 0.3 is 0 Å². The second-order valence-corrected chi connectivity index (χ2v) is 4.97. The fraction of sp³-hybridized carbons (Fsp3) is 0.118. The lowest BCUT2D eigenvalue weighted by atomic mass is 10.1. The van der Waals surface area contributed by atoms with Crippen molar-refractivity contribution in [2.75, 3.05) is 5.32 Å². The van der Waals surface area contributed by atoms with E-state index < -0.39 is 0 Å². The Balaban J connectivity index is 1.91. The van der Waals surface area contributed by atoms with E-state index in [1.165, 1.54) is 5.56 Å². The highest BCUT2D eigenvalue weighted by molar-refractivity contribution is 6.06. The van der Waals surface area contributed by atoms with Gasteiger partial charge in [-0.15, -0.1) is 0 Å². The summed E-state index contributed by atoms with van der Waals surface area (Å²) >= 11 is 0. The zero-order chi connectivity index (χ0) is 14.1. The first-order valence-electron chi connectivity index (χ1n) is 6.60. The molecule has 0 saturated heterocycles. The van der Waals surface area contributed by atoms with Gasteiger partial charge in [-0.25, -0.2) is 0 Å². The first-order valence-corrected chi connectivity index (χ1v) is 6.60. The number of nitrogens with one attached hydrogen (secondary N) is 2. The maximum absolute atomic E-state index is 12.3. The number of carbonyl (C=O) groups excluding carboxylic acids is 1. The minimum absolute atomic E-state index is 0.116. The number of carbonyl (C=O) groups is 1. The number of benzene rings is 2. The fourth-order valence-corrected chi connectivity index (χ4v) is 2.27. The summed E-state index contributed by atoms with van der Waals surface area (Å²) in [5.74, 6) is -0.116. The predicted molar refractivity (Wildman–Crippen MR) is 82.2 cm³/mol. The Morgan fingerprint density at radius 2 is 1.85 bits per heavy atom. The highest BCUT2D eigenvalue weighted by Crippen LogP contribution is 2.20. The van der Waals surface area contributed by atoms with E-state index in [2.05, 4.69) is 10.3 Å². The molecule has 1 amide bonds. The van der Waals surface area contributed by atoms with Crippen LogP contribution >= 0.6 is 0 Å². The van der Waals surface area contributed by atoms with Crippen LogP contribution in [-0.4, -0.2) is 10.9 Å². The molecule has 0 unspecified atom stereocenters. The van der Waals surface area contributed by atoms with Crippen molar-refractivity contribution in [2.45, 2.75) is 13.8 Å². The SMILES string of the molecule is Cc1cccc(NC(=O)c2cc3ccccc3[nH]2)c1C. The number of amides is 1. The summed E-state index contributed by atoms with van der Waals surface area (Å²) in [6.45, 7) is 4.05. The van der Waals surface area contributed by atoms with Gasteiger partial charge in [0.05, 0.1) is 0 Å². The molecule has 3 rings (SSSR count). The number of anilines is 1. The summed E-state index contributed by atoms with van der Waals surface area (Å²) in [6, 6.07) is 15.6. The third-order valence-electron chi connectivity index (χ3n) is 3.63. The van der Waals surface area contributed by atoms with E-state index in [0.29, 0.717) is 5.69 Å². The molecule has 3 heteroatoms. The van der Waals surface area contributed by atoms with Crippen molar-refractivity contribution < 1.29 is 4.79 Å². The minimum Gasteiger partial charge on any atom is -0.351 e. The van der Waals surface area contributed by atoms with Gasteiger partial charge in [0.25, 0.3) is 5.91 Å². The molecule has 20 heavy (non-hydrogen) atoms. The number of hydrogen-bond acceptors (Lipinski definition) is 1. The lowest BCUT2D eigenvalue weighted by Gasteiger charge is -2.09. The van der Waals surface area contributed by atoms with Crippen molar-refractivity contribution in [1.29, 1.82) is 0 Å². The van der Waals surface area contributed by atoms with E-state index in [1.807, 2.05) is 62.4 Å². The highest BCUT2D eigenvalue weighted by Gasteiger charge is 2.11. The largest absolute Gasteiger partial charge is 0.351 e. The van der Waals surface area contributed by atoms with E-state index in [4.69, 9.17) is 0 Å². The number of H-pyrrole nitrogens is 1. The van der Waals surface area contributed by atoms with Crippen LogP contribution in [0.4, 0.5) is 5.69 Å². The van der Waals surface area contributed by atoms with Gasteiger partial charge in [0, 0.05) is 16.6 Å². The molecule has 1 aromatic heterocycles. The number of hydrogen-bond donors (Lipinski definition) is 2. The number of aromatic amines is 1. The Kier molecular flexibility index (Phi) is 3.03. The Hall–Kier alpha value is -2.55. The third kappa shape index (κ3) is 2.18. The van der Waals surface area contributed by atoms with Gasteiger partial charge in [-0.1, -0.05) is 30.3 Å². The van der Waals surface area contributed by atoms with Crippen LogP contribution in [0.1, 0.15) is 21.6 Å². The maximum atomic E-state index is 12.3. The van der Waals surface area contributed by atoms with Crippen molar-refractivity contribution in [3.8, 4) is 0 Å². The molecule has 0 bridgehead atoms. The Morgan fingerprint density at radius 1 is 1.05 bits per heavy atom. The van der Waals surface area contributed by atoms with Crippen LogP contribution in [0.5, 0.6) is 0 Å². The zero-order valence-electron chi connectivity index (χ0n) is 11.5.